The molecular weight excluding hydrogens is 594 g/mol. The summed E-state index contributed by atoms with van der Waals surface area (Å²) < 4.78 is 0. The Balaban J connectivity index is 3.21. The van der Waals surface area contributed by atoms with Crippen LogP contribution in [0.2, 0.25) is 0 Å². The molecule has 6 atom stereocenters. The number of nitrogens with two attached hydrogens (primary N) is 1. The van der Waals surface area contributed by atoms with E-state index in [0.717, 1.165) is 5.56 Å². The number of nitrogens with one attached hydrogen (secondary N) is 4. The van der Waals surface area contributed by atoms with Crippen molar-refractivity contribution in [2.24, 2.45) is 11.7 Å². The molecule has 0 spiro atoms. The molecule has 0 aliphatic rings. The Labute approximate surface area is 262 Å². The summed E-state index contributed by atoms with van der Waals surface area (Å²) in [4.78, 5) is 64.5. The van der Waals surface area contributed by atoms with Crippen LogP contribution in [0, 0.1) is 5.92 Å². The molecule has 14 heteroatoms. The van der Waals surface area contributed by atoms with E-state index in [1.807, 2.05) is 32.4 Å². The third kappa shape index (κ3) is 14.5. The fraction of sp³-hybridized carbons (Fsp3) is 0.621. The number of rotatable bonds is 20. The Bertz CT molecular complexity index is 1050. The largest absolute Gasteiger partial charge is 0.480 e. The molecule has 0 aliphatic heterocycles. The minimum absolute atomic E-state index is 0.00406. The summed E-state index contributed by atoms with van der Waals surface area (Å²) in [6.07, 6.45) is 3.37. The van der Waals surface area contributed by atoms with Gasteiger partial charge in [0.15, 0.2) is 0 Å². The molecule has 0 aliphatic carbocycles. The Morgan fingerprint density at radius 1 is 0.744 bits per heavy atom. The van der Waals surface area contributed by atoms with Crippen molar-refractivity contribution >= 4 is 53.1 Å². The second-order valence-electron chi connectivity index (χ2n) is 10.7. The number of aliphatic hydroxyl groups is 1. The molecule has 0 fully saturated rings. The van der Waals surface area contributed by atoms with Gasteiger partial charge in [-0.25, -0.2) is 4.79 Å². The zero-order chi connectivity index (χ0) is 32.5. The molecular formula is C29H47N5O7S2. The quantitative estimate of drug-likeness (QED) is 0.105. The van der Waals surface area contributed by atoms with Crippen LogP contribution in [0.25, 0.3) is 0 Å². The van der Waals surface area contributed by atoms with Crippen molar-refractivity contribution in [1.29, 1.82) is 0 Å². The third-order valence-electron chi connectivity index (χ3n) is 6.55. The number of hydrogen-bond acceptors (Lipinski definition) is 9. The summed E-state index contributed by atoms with van der Waals surface area (Å²) in [5.74, 6) is -2.70. The van der Waals surface area contributed by atoms with Gasteiger partial charge in [0.1, 0.15) is 30.2 Å². The van der Waals surface area contributed by atoms with Gasteiger partial charge >= 0.3 is 5.97 Å². The van der Waals surface area contributed by atoms with Crippen LogP contribution >= 0.6 is 23.5 Å². The van der Waals surface area contributed by atoms with Gasteiger partial charge in [-0.1, -0.05) is 44.2 Å². The number of aliphatic hydroxyl groups excluding tert-OH is 1. The summed E-state index contributed by atoms with van der Waals surface area (Å²) in [6, 6.07) is 3.44. The van der Waals surface area contributed by atoms with Gasteiger partial charge in [-0.15, -0.1) is 0 Å². The number of hydrogen-bond donors (Lipinski definition) is 7. The molecule has 0 radical (unpaired) electrons. The van der Waals surface area contributed by atoms with Gasteiger partial charge in [0.2, 0.25) is 23.6 Å². The lowest BCUT2D eigenvalue weighted by Gasteiger charge is -2.27. The maximum Gasteiger partial charge on any atom is 0.326 e. The average molecular weight is 642 g/mol. The van der Waals surface area contributed by atoms with E-state index >= 15 is 0 Å². The van der Waals surface area contributed by atoms with E-state index in [1.165, 1.54) is 30.4 Å². The highest BCUT2D eigenvalue weighted by molar-refractivity contribution is 7.98. The number of carboxylic acids is 1. The molecule has 0 heterocycles. The number of benzene rings is 1. The lowest BCUT2D eigenvalue weighted by molar-refractivity contribution is -0.142. The number of carbonyl (C=O) groups is 5. The van der Waals surface area contributed by atoms with Crippen molar-refractivity contribution in [3.63, 3.8) is 0 Å². The molecule has 1 aromatic carbocycles. The molecule has 1 aromatic rings. The van der Waals surface area contributed by atoms with Crippen LogP contribution in [0.15, 0.2) is 30.3 Å². The Morgan fingerprint density at radius 3 is 1.63 bits per heavy atom. The Hall–Kier alpha value is -2.81. The van der Waals surface area contributed by atoms with Crippen molar-refractivity contribution in [3.05, 3.63) is 35.9 Å². The minimum Gasteiger partial charge on any atom is -0.480 e. The van der Waals surface area contributed by atoms with Crippen LogP contribution < -0.4 is 27.0 Å². The van der Waals surface area contributed by atoms with E-state index in [2.05, 4.69) is 21.3 Å². The molecule has 0 saturated carbocycles. The Kier molecular flexibility index (Phi) is 18.0. The van der Waals surface area contributed by atoms with Crippen LogP contribution in [0.4, 0.5) is 0 Å². The highest BCUT2D eigenvalue weighted by atomic mass is 32.2. The van der Waals surface area contributed by atoms with E-state index in [9.17, 15) is 34.2 Å². The molecule has 0 aromatic heterocycles. The number of aliphatic carboxylic acids is 1. The lowest BCUT2D eigenvalue weighted by Crippen LogP contribution is -2.59. The minimum atomic E-state index is -1.23. The predicted molar refractivity (Wildman–Crippen MR) is 171 cm³/mol. The molecule has 4 amide bonds. The van der Waals surface area contributed by atoms with Crippen LogP contribution in [0.3, 0.4) is 0 Å². The van der Waals surface area contributed by atoms with Crippen molar-refractivity contribution in [2.75, 3.05) is 24.0 Å². The zero-order valence-corrected chi connectivity index (χ0v) is 27.1. The first kappa shape index (κ1) is 38.2. The summed E-state index contributed by atoms with van der Waals surface area (Å²) in [6.45, 7) is 5.06. The van der Waals surface area contributed by atoms with E-state index in [-0.39, 0.29) is 31.6 Å². The second kappa shape index (κ2) is 20.2. The fourth-order valence-corrected chi connectivity index (χ4v) is 5.01. The van der Waals surface area contributed by atoms with E-state index in [0.29, 0.717) is 11.5 Å². The first-order chi connectivity index (χ1) is 20.3. The number of carbonyl (C=O) groups excluding carboxylic acids is 4. The zero-order valence-electron chi connectivity index (χ0n) is 25.5. The lowest BCUT2D eigenvalue weighted by atomic mass is 10.0. The van der Waals surface area contributed by atoms with Gasteiger partial charge in [-0.05, 0) is 61.7 Å². The monoisotopic (exact) mass is 641 g/mol. The van der Waals surface area contributed by atoms with Gasteiger partial charge in [-0.3, -0.25) is 19.2 Å². The van der Waals surface area contributed by atoms with E-state index in [4.69, 9.17) is 5.73 Å². The molecule has 1 rings (SSSR count). The number of amides is 4. The van der Waals surface area contributed by atoms with Gasteiger partial charge < -0.3 is 37.2 Å². The van der Waals surface area contributed by atoms with Crippen molar-refractivity contribution in [2.45, 2.75) is 82.8 Å². The van der Waals surface area contributed by atoms with Crippen molar-refractivity contribution in [3.8, 4) is 0 Å². The molecule has 8 N–H and O–H groups in total. The first-order valence-corrected chi connectivity index (χ1v) is 17.0. The first-order valence-electron chi connectivity index (χ1n) is 14.2. The van der Waals surface area contributed by atoms with Gasteiger partial charge in [0.05, 0.1) is 6.10 Å². The highest BCUT2D eigenvalue weighted by Gasteiger charge is 2.32. The van der Waals surface area contributed by atoms with Crippen LogP contribution in [-0.2, 0) is 30.4 Å². The number of thioether (sulfide) groups is 2. The Morgan fingerprint density at radius 2 is 1.19 bits per heavy atom. The molecule has 12 nitrogen and oxygen atoms in total. The fourth-order valence-electron chi connectivity index (χ4n) is 4.06. The normalized spacial score (nSPS) is 15.3. The van der Waals surface area contributed by atoms with E-state index < -0.39 is 65.9 Å². The SMILES string of the molecule is CSCC[C@H](NC(=O)[C@H](CCSC)NC(=O)[C@@H](N)[C@@H](C)O)C(=O)N[C@@H](Cc1ccccc1)C(=O)N[C@@H](CC(C)C)C(=O)O. The third-order valence-corrected chi connectivity index (χ3v) is 7.83. The van der Waals surface area contributed by atoms with Crippen LogP contribution in [0.1, 0.15) is 45.6 Å². The topological polar surface area (TPSA) is 200 Å². The van der Waals surface area contributed by atoms with Crippen molar-refractivity contribution < 1.29 is 34.2 Å². The smallest absolute Gasteiger partial charge is 0.326 e. The molecule has 43 heavy (non-hydrogen) atoms. The molecule has 242 valence electrons. The average Bonchev–Trinajstić information content (AvgIpc) is 2.95. The van der Waals surface area contributed by atoms with Crippen LogP contribution in [-0.4, -0.2) is 100 Å². The maximum absolute atomic E-state index is 13.6. The number of carboxylic acid groups (broad SMARTS) is 1. The van der Waals surface area contributed by atoms with Gasteiger partial charge in [0, 0.05) is 6.42 Å². The molecule has 0 unspecified atom stereocenters. The van der Waals surface area contributed by atoms with Gasteiger partial charge in [0.25, 0.3) is 0 Å². The van der Waals surface area contributed by atoms with Crippen LogP contribution in [0.5, 0.6) is 0 Å². The standard InChI is InChI=1S/C29H47N5O7S2/c1-17(2)15-23(29(40)41)34-27(38)22(16-19-9-7-6-8-10-19)33-26(37)20(11-13-42-4)31-25(36)21(12-14-43-5)32-28(39)24(30)18(3)35/h6-10,17-18,20-24,35H,11-16,30H2,1-5H3,(H,31,36)(H,32,39)(H,33,37)(H,34,38)(H,40,41)/t18-,20+,21+,22+,23+,24+/m1/s1. The highest BCUT2D eigenvalue weighted by Crippen LogP contribution is 2.10. The second-order valence-corrected chi connectivity index (χ2v) is 12.7. The molecule has 0 bridgehead atoms. The van der Waals surface area contributed by atoms with Crippen molar-refractivity contribution in [1.82, 2.24) is 21.3 Å². The van der Waals surface area contributed by atoms with Gasteiger partial charge in [-0.2, -0.15) is 23.5 Å². The summed E-state index contributed by atoms with van der Waals surface area (Å²) in [5.41, 5.74) is 6.49. The predicted octanol–water partition coefficient (Wildman–Crippen LogP) is 0.513. The summed E-state index contributed by atoms with van der Waals surface area (Å²) in [7, 11) is 0. The molecule has 0 saturated heterocycles. The summed E-state index contributed by atoms with van der Waals surface area (Å²) >= 11 is 2.94. The summed E-state index contributed by atoms with van der Waals surface area (Å²) in [5, 5.41) is 29.9. The van der Waals surface area contributed by atoms with E-state index in [1.54, 1.807) is 24.3 Å². The maximum atomic E-state index is 13.6.